The molecule has 0 saturated carbocycles. The lowest BCUT2D eigenvalue weighted by atomic mass is 9.94. The van der Waals surface area contributed by atoms with Crippen LogP contribution >= 0.6 is 15.9 Å². The molecule has 0 fully saturated rings. The maximum absolute atomic E-state index is 13.5. The van der Waals surface area contributed by atoms with E-state index in [4.69, 9.17) is 0 Å². The second kappa shape index (κ2) is 5.41. The van der Waals surface area contributed by atoms with E-state index in [-0.39, 0.29) is 17.3 Å². The van der Waals surface area contributed by atoms with Crippen LogP contribution in [0.1, 0.15) is 31.8 Å². The van der Waals surface area contributed by atoms with E-state index in [1.807, 2.05) is 0 Å². The highest BCUT2D eigenvalue weighted by Gasteiger charge is 2.19. The summed E-state index contributed by atoms with van der Waals surface area (Å²) in [6, 6.07) is 9.27. The highest BCUT2D eigenvalue weighted by atomic mass is 79.9. The van der Waals surface area contributed by atoms with Crippen LogP contribution in [0.25, 0.3) is 0 Å². The van der Waals surface area contributed by atoms with E-state index in [2.05, 4.69) is 21.2 Å². The highest BCUT2D eigenvalue weighted by Crippen LogP contribution is 2.21. The van der Waals surface area contributed by atoms with Gasteiger partial charge in [0.05, 0.1) is 4.47 Å². The Bertz CT molecular complexity index is 758. The SMILES string of the molecule is O=C(c1ccc(Br)c(F)c1)c1ccc2c(c1)C(=O)NCC2. The predicted molar refractivity (Wildman–Crippen MR) is 80.0 cm³/mol. The van der Waals surface area contributed by atoms with Gasteiger partial charge in [0.1, 0.15) is 5.82 Å². The summed E-state index contributed by atoms with van der Waals surface area (Å²) >= 11 is 3.05. The van der Waals surface area contributed by atoms with Gasteiger partial charge in [0.15, 0.2) is 5.78 Å². The maximum atomic E-state index is 13.5. The standard InChI is InChI=1S/C16H11BrFNO2/c17-13-4-3-11(8-14(13)18)15(20)10-2-1-9-5-6-19-16(21)12(9)7-10/h1-4,7-8H,5-6H2,(H,19,21). The molecule has 2 aromatic carbocycles. The Morgan fingerprint density at radius 2 is 1.86 bits per heavy atom. The molecule has 0 saturated heterocycles. The van der Waals surface area contributed by atoms with E-state index in [9.17, 15) is 14.0 Å². The number of hydrogen-bond donors (Lipinski definition) is 1. The zero-order valence-electron chi connectivity index (χ0n) is 11.0. The molecule has 0 bridgehead atoms. The van der Waals surface area contributed by atoms with Crippen LogP contribution < -0.4 is 5.32 Å². The number of benzene rings is 2. The number of ketones is 1. The molecule has 106 valence electrons. The topological polar surface area (TPSA) is 46.2 Å². The van der Waals surface area contributed by atoms with Gasteiger partial charge >= 0.3 is 0 Å². The van der Waals surface area contributed by atoms with Crippen molar-refractivity contribution in [2.75, 3.05) is 6.54 Å². The van der Waals surface area contributed by atoms with Crippen LogP contribution in [0.5, 0.6) is 0 Å². The summed E-state index contributed by atoms with van der Waals surface area (Å²) in [5, 5.41) is 2.74. The van der Waals surface area contributed by atoms with Gasteiger partial charge < -0.3 is 5.32 Å². The molecule has 1 aliphatic heterocycles. The van der Waals surface area contributed by atoms with E-state index >= 15 is 0 Å². The van der Waals surface area contributed by atoms with Crippen LogP contribution in [0.4, 0.5) is 4.39 Å². The van der Waals surface area contributed by atoms with E-state index in [1.165, 1.54) is 12.1 Å². The van der Waals surface area contributed by atoms with E-state index in [0.717, 1.165) is 12.0 Å². The largest absolute Gasteiger partial charge is 0.352 e. The van der Waals surface area contributed by atoms with Gasteiger partial charge in [-0.05, 0) is 52.2 Å². The van der Waals surface area contributed by atoms with Gasteiger partial charge in [0.25, 0.3) is 5.91 Å². The average Bonchev–Trinajstić information content (AvgIpc) is 2.49. The van der Waals surface area contributed by atoms with E-state index in [1.54, 1.807) is 24.3 Å². The Morgan fingerprint density at radius 1 is 1.14 bits per heavy atom. The smallest absolute Gasteiger partial charge is 0.251 e. The Balaban J connectivity index is 2.00. The number of fused-ring (bicyclic) bond motifs is 1. The van der Waals surface area contributed by atoms with Crippen LogP contribution in [-0.4, -0.2) is 18.2 Å². The summed E-state index contributed by atoms with van der Waals surface area (Å²) in [6.45, 7) is 0.608. The number of rotatable bonds is 2. The normalized spacial score (nSPS) is 13.5. The lowest BCUT2D eigenvalue weighted by molar-refractivity contribution is 0.0946. The summed E-state index contributed by atoms with van der Waals surface area (Å²) < 4.78 is 13.8. The summed E-state index contributed by atoms with van der Waals surface area (Å²) in [5.41, 5.74) is 2.08. The molecule has 1 amide bonds. The molecule has 1 heterocycles. The van der Waals surface area contributed by atoms with Crippen LogP contribution in [-0.2, 0) is 6.42 Å². The van der Waals surface area contributed by atoms with E-state index < -0.39 is 5.82 Å². The third-order valence-electron chi connectivity index (χ3n) is 3.48. The molecule has 21 heavy (non-hydrogen) atoms. The molecule has 3 rings (SSSR count). The first-order valence-electron chi connectivity index (χ1n) is 6.47. The number of nitrogens with one attached hydrogen (secondary N) is 1. The van der Waals surface area contributed by atoms with Crippen molar-refractivity contribution >= 4 is 27.6 Å². The molecule has 3 nitrogen and oxygen atoms in total. The van der Waals surface area contributed by atoms with Gasteiger partial charge in [0, 0.05) is 23.2 Å². The first-order chi connectivity index (χ1) is 10.1. The maximum Gasteiger partial charge on any atom is 0.251 e. The zero-order valence-corrected chi connectivity index (χ0v) is 12.5. The fraction of sp³-hybridized carbons (Fsp3) is 0.125. The fourth-order valence-electron chi connectivity index (χ4n) is 2.36. The van der Waals surface area contributed by atoms with Crippen molar-refractivity contribution in [3.63, 3.8) is 0 Å². The van der Waals surface area contributed by atoms with Crippen LogP contribution in [0.2, 0.25) is 0 Å². The summed E-state index contributed by atoms with van der Waals surface area (Å²) in [5.74, 6) is -0.966. The molecule has 2 aromatic rings. The quantitative estimate of drug-likeness (QED) is 0.848. The number of amides is 1. The second-order valence-corrected chi connectivity index (χ2v) is 5.69. The molecule has 5 heteroatoms. The first-order valence-corrected chi connectivity index (χ1v) is 7.26. The Morgan fingerprint density at radius 3 is 2.62 bits per heavy atom. The molecule has 1 aliphatic rings. The van der Waals surface area contributed by atoms with Crippen molar-refractivity contribution in [1.29, 1.82) is 0 Å². The van der Waals surface area contributed by atoms with Crippen LogP contribution in [0.15, 0.2) is 40.9 Å². The molecule has 0 spiro atoms. The molecular weight excluding hydrogens is 337 g/mol. The Hall–Kier alpha value is -2.01. The van der Waals surface area contributed by atoms with Crippen LogP contribution in [0.3, 0.4) is 0 Å². The predicted octanol–water partition coefficient (Wildman–Crippen LogP) is 3.11. The van der Waals surface area contributed by atoms with Gasteiger partial charge in [-0.15, -0.1) is 0 Å². The lowest BCUT2D eigenvalue weighted by Crippen LogP contribution is -2.32. The number of hydrogen-bond acceptors (Lipinski definition) is 2. The van der Waals surface area contributed by atoms with Gasteiger partial charge in [0.2, 0.25) is 0 Å². The zero-order chi connectivity index (χ0) is 15.0. The number of halogens is 2. The van der Waals surface area contributed by atoms with E-state index in [0.29, 0.717) is 22.1 Å². The van der Waals surface area contributed by atoms with Gasteiger partial charge in [-0.2, -0.15) is 0 Å². The Labute approximate surface area is 129 Å². The number of carbonyl (C=O) groups is 2. The third kappa shape index (κ3) is 2.61. The molecular formula is C16H11BrFNO2. The van der Waals surface area contributed by atoms with Gasteiger partial charge in [-0.1, -0.05) is 12.1 Å². The molecule has 0 unspecified atom stereocenters. The van der Waals surface area contributed by atoms with Crippen molar-refractivity contribution in [3.05, 3.63) is 68.9 Å². The summed E-state index contributed by atoms with van der Waals surface area (Å²) in [6.07, 6.45) is 0.752. The van der Waals surface area contributed by atoms with Gasteiger partial charge in [-0.3, -0.25) is 9.59 Å². The summed E-state index contributed by atoms with van der Waals surface area (Å²) in [7, 11) is 0. The van der Waals surface area contributed by atoms with Crippen molar-refractivity contribution in [2.45, 2.75) is 6.42 Å². The lowest BCUT2D eigenvalue weighted by Gasteiger charge is -2.16. The molecule has 0 aromatic heterocycles. The molecule has 0 atom stereocenters. The fourth-order valence-corrected chi connectivity index (χ4v) is 2.60. The monoisotopic (exact) mass is 347 g/mol. The summed E-state index contributed by atoms with van der Waals surface area (Å²) in [4.78, 5) is 24.2. The van der Waals surface area contributed by atoms with Crippen LogP contribution in [0, 0.1) is 5.82 Å². The molecule has 1 N–H and O–H groups in total. The van der Waals surface area contributed by atoms with Gasteiger partial charge in [-0.25, -0.2) is 4.39 Å². The first kappa shape index (κ1) is 13.9. The average molecular weight is 348 g/mol. The third-order valence-corrected chi connectivity index (χ3v) is 4.12. The second-order valence-electron chi connectivity index (χ2n) is 4.84. The van der Waals surface area contributed by atoms with Crippen molar-refractivity contribution < 1.29 is 14.0 Å². The van der Waals surface area contributed by atoms with Crippen molar-refractivity contribution in [3.8, 4) is 0 Å². The molecule has 0 aliphatic carbocycles. The minimum Gasteiger partial charge on any atom is -0.352 e. The Kier molecular flexibility index (Phi) is 3.59. The number of carbonyl (C=O) groups excluding carboxylic acids is 2. The van der Waals surface area contributed by atoms with Crippen molar-refractivity contribution in [2.24, 2.45) is 0 Å². The van der Waals surface area contributed by atoms with Crippen molar-refractivity contribution in [1.82, 2.24) is 5.32 Å². The highest BCUT2D eigenvalue weighted by molar-refractivity contribution is 9.10. The minimum absolute atomic E-state index is 0.173. The molecule has 0 radical (unpaired) electrons. The minimum atomic E-state index is -0.489.